The second-order valence-corrected chi connectivity index (χ2v) is 9.30. The fraction of sp³-hybridized carbons (Fsp3) is 0.952. The van der Waals surface area contributed by atoms with Gasteiger partial charge in [-0.1, -0.05) is 90.4 Å². The molecule has 0 saturated heterocycles. The molecule has 0 heterocycles. The number of hydrogen-bond donors (Lipinski definition) is 0. The molecule has 0 saturated carbocycles. The van der Waals surface area contributed by atoms with Crippen molar-refractivity contribution in [3.05, 3.63) is 0 Å². The van der Waals surface area contributed by atoms with E-state index in [1.807, 2.05) is 0 Å². The molecular weight excluding hydrogens is 385 g/mol. The molecule has 1 amide bonds. The van der Waals surface area contributed by atoms with Crippen LogP contribution < -0.4 is 29.6 Å². The van der Waals surface area contributed by atoms with Gasteiger partial charge in [0.05, 0.1) is 10.1 Å². The summed E-state index contributed by atoms with van der Waals surface area (Å²) in [7, 11) is -2.51. The van der Waals surface area contributed by atoms with Crippen molar-refractivity contribution in [3.8, 4) is 0 Å². The number of carbonyl (C=O) groups excluding carboxylic acids is 1. The molecule has 0 aromatic rings. The van der Waals surface area contributed by atoms with Crippen molar-refractivity contribution in [2.45, 2.75) is 110 Å². The summed E-state index contributed by atoms with van der Waals surface area (Å²) in [5.41, 5.74) is 0. The smallest absolute Gasteiger partial charge is 0.748 e. The average molecular weight is 428 g/mol. The first-order chi connectivity index (χ1) is 12.9. The molecule has 0 N–H and O–H groups in total. The van der Waals surface area contributed by atoms with E-state index in [0.717, 1.165) is 12.8 Å². The third-order valence-electron chi connectivity index (χ3n) is 5.06. The van der Waals surface area contributed by atoms with E-state index in [1.165, 1.54) is 81.9 Å². The number of unbranched alkanes of at least 4 members (excludes halogenated alkanes) is 13. The molecule has 0 atom stereocenters. The summed E-state index contributed by atoms with van der Waals surface area (Å²) in [5, 5.41) is 0. The zero-order chi connectivity index (χ0) is 20.4. The van der Waals surface area contributed by atoms with Crippen LogP contribution in [0.4, 0.5) is 0 Å². The molecule has 0 aliphatic rings. The summed E-state index contributed by atoms with van der Waals surface area (Å²) >= 11 is 0. The van der Waals surface area contributed by atoms with Crippen LogP contribution in [-0.4, -0.2) is 43.1 Å². The fourth-order valence-electron chi connectivity index (χ4n) is 3.26. The van der Waals surface area contributed by atoms with E-state index in [0.29, 0.717) is 13.0 Å². The standard InChI is InChI=1S/C21H43NO4S.Na/c1-3-4-5-6-7-8-9-10-11-12-13-14-15-16-18-21(23)22(2)19-17-20-27(24,25)26;/h3-20H2,1-2H3,(H,24,25,26);/q;+1/p-1. The molecule has 0 aromatic carbocycles. The zero-order valence-corrected chi connectivity index (χ0v) is 21.5. The van der Waals surface area contributed by atoms with Crippen molar-refractivity contribution >= 4 is 16.0 Å². The van der Waals surface area contributed by atoms with Gasteiger partial charge >= 0.3 is 29.6 Å². The van der Waals surface area contributed by atoms with Crippen molar-refractivity contribution in [1.82, 2.24) is 4.90 Å². The van der Waals surface area contributed by atoms with Gasteiger partial charge in [0, 0.05) is 25.8 Å². The molecule has 0 radical (unpaired) electrons. The van der Waals surface area contributed by atoms with Crippen molar-refractivity contribution in [3.63, 3.8) is 0 Å². The van der Waals surface area contributed by atoms with Gasteiger partial charge in [0.1, 0.15) is 0 Å². The van der Waals surface area contributed by atoms with Crippen molar-refractivity contribution in [1.29, 1.82) is 0 Å². The minimum absolute atomic E-state index is 0. The number of nitrogens with zero attached hydrogens (tertiary/aromatic N) is 1. The Morgan fingerprint density at radius 2 is 1.14 bits per heavy atom. The van der Waals surface area contributed by atoms with E-state index in [4.69, 9.17) is 0 Å². The van der Waals surface area contributed by atoms with Crippen LogP contribution in [0.3, 0.4) is 0 Å². The Labute approximate surface area is 196 Å². The Bertz CT molecular complexity index is 457. The third kappa shape index (κ3) is 22.7. The first-order valence-corrected chi connectivity index (χ1v) is 12.6. The second kappa shape index (κ2) is 20.6. The number of hydrogen-bond acceptors (Lipinski definition) is 4. The van der Waals surface area contributed by atoms with Gasteiger partial charge < -0.3 is 9.45 Å². The summed E-state index contributed by atoms with van der Waals surface area (Å²) in [6, 6.07) is 0. The zero-order valence-electron chi connectivity index (χ0n) is 18.7. The van der Waals surface area contributed by atoms with Crippen LogP contribution in [-0.2, 0) is 14.9 Å². The maximum absolute atomic E-state index is 11.9. The largest absolute Gasteiger partial charge is 1.00 e. The molecule has 0 aromatic heterocycles. The van der Waals surface area contributed by atoms with Gasteiger partial charge in [-0.2, -0.15) is 0 Å². The van der Waals surface area contributed by atoms with E-state index in [-0.39, 0.29) is 41.9 Å². The predicted octanol–water partition coefficient (Wildman–Crippen LogP) is 2.26. The maximum Gasteiger partial charge on any atom is 1.00 e. The van der Waals surface area contributed by atoms with Crippen LogP contribution >= 0.6 is 0 Å². The molecule has 0 bridgehead atoms. The summed E-state index contributed by atoms with van der Waals surface area (Å²) < 4.78 is 31.6. The van der Waals surface area contributed by atoms with Crippen molar-refractivity contribution in [2.24, 2.45) is 0 Å². The van der Waals surface area contributed by atoms with Gasteiger partial charge in [-0.05, 0) is 12.8 Å². The maximum atomic E-state index is 11.9. The van der Waals surface area contributed by atoms with E-state index in [1.54, 1.807) is 7.05 Å². The van der Waals surface area contributed by atoms with E-state index >= 15 is 0 Å². The summed E-state index contributed by atoms with van der Waals surface area (Å²) in [5.74, 6) is -0.360. The van der Waals surface area contributed by atoms with Crippen LogP contribution in [0.5, 0.6) is 0 Å². The predicted molar refractivity (Wildman–Crippen MR) is 112 cm³/mol. The van der Waals surface area contributed by atoms with Gasteiger partial charge in [-0.15, -0.1) is 0 Å². The molecule has 5 nitrogen and oxygen atoms in total. The number of rotatable bonds is 19. The molecule has 0 aliphatic heterocycles. The molecule has 28 heavy (non-hydrogen) atoms. The van der Waals surface area contributed by atoms with E-state index in [9.17, 15) is 17.8 Å². The van der Waals surface area contributed by atoms with Crippen molar-refractivity contribution in [2.75, 3.05) is 19.3 Å². The topological polar surface area (TPSA) is 77.5 Å². The minimum Gasteiger partial charge on any atom is -0.748 e. The average Bonchev–Trinajstić information content (AvgIpc) is 2.60. The minimum atomic E-state index is -4.18. The monoisotopic (exact) mass is 427 g/mol. The summed E-state index contributed by atoms with van der Waals surface area (Å²) in [6.07, 6.45) is 18.8. The normalized spacial score (nSPS) is 11.2. The molecule has 0 spiro atoms. The summed E-state index contributed by atoms with van der Waals surface area (Å²) in [6.45, 7) is 2.59. The Morgan fingerprint density at radius 3 is 1.54 bits per heavy atom. The first kappa shape index (κ1) is 30.6. The van der Waals surface area contributed by atoms with Crippen LogP contribution in [0.2, 0.25) is 0 Å². The van der Waals surface area contributed by atoms with Crippen LogP contribution in [0, 0.1) is 0 Å². The summed E-state index contributed by atoms with van der Waals surface area (Å²) in [4.78, 5) is 13.5. The van der Waals surface area contributed by atoms with Crippen LogP contribution in [0.25, 0.3) is 0 Å². The fourth-order valence-corrected chi connectivity index (χ4v) is 3.75. The second-order valence-electron chi connectivity index (χ2n) is 7.78. The Kier molecular flexibility index (Phi) is 22.5. The van der Waals surface area contributed by atoms with Gasteiger partial charge in [0.2, 0.25) is 5.91 Å². The first-order valence-electron chi connectivity index (χ1n) is 11.0. The Morgan fingerprint density at radius 1 is 0.750 bits per heavy atom. The Hall–Kier alpha value is 0.380. The third-order valence-corrected chi connectivity index (χ3v) is 5.85. The van der Waals surface area contributed by atoms with Gasteiger partial charge in [-0.3, -0.25) is 4.79 Å². The molecule has 7 heteroatoms. The molecule has 0 aliphatic carbocycles. The quantitative estimate of drug-likeness (QED) is 0.180. The Balaban J connectivity index is 0. The van der Waals surface area contributed by atoms with Gasteiger partial charge in [0.15, 0.2) is 0 Å². The van der Waals surface area contributed by atoms with Gasteiger partial charge in [-0.25, -0.2) is 8.42 Å². The van der Waals surface area contributed by atoms with Crippen LogP contribution in [0.1, 0.15) is 110 Å². The molecule has 0 rings (SSSR count). The van der Waals surface area contributed by atoms with Crippen LogP contribution in [0.15, 0.2) is 0 Å². The molecular formula is C21H42NNaO4S. The van der Waals surface area contributed by atoms with Gasteiger partial charge in [0.25, 0.3) is 0 Å². The molecule has 0 unspecified atom stereocenters. The van der Waals surface area contributed by atoms with Crippen molar-refractivity contribution < 1.29 is 47.3 Å². The van der Waals surface area contributed by atoms with E-state index < -0.39 is 15.9 Å². The molecule has 0 fully saturated rings. The van der Waals surface area contributed by atoms with E-state index in [2.05, 4.69) is 6.92 Å². The number of carbonyl (C=O) groups is 1. The number of amides is 1. The SMILES string of the molecule is CCCCCCCCCCCCCCCCC(=O)N(C)CCCS(=O)(=O)[O-].[Na+]. The molecule has 162 valence electrons.